The van der Waals surface area contributed by atoms with Gasteiger partial charge in [0.15, 0.2) is 0 Å². The Kier molecular flexibility index (Phi) is 5.22. The van der Waals surface area contributed by atoms with Crippen LogP contribution in [0.1, 0.15) is 42.0 Å². The molecule has 0 aliphatic rings. The van der Waals surface area contributed by atoms with Gasteiger partial charge in [-0.25, -0.2) is 4.79 Å². The number of hydrogen-bond acceptors (Lipinski definition) is 3. The van der Waals surface area contributed by atoms with Crippen LogP contribution in [0.4, 0.5) is 0 Å². The summed E-state index contributed by atoms with van der Waals surface area (Å²) in [5, 5.41) is 1.01. The molecule has 3 heteroatoms. The van der Waals surface area contributed by atoms with Crippen molar-refractivity contribution < 1.29 is 9.15 Å². The van der Waals surface area contributed by atoms with Gasteiger partial charge in [-0.2, -0.15) is 0 Å². The molecule has 0 aliphatic heterocycles. The van der Waals surface area contributed by atoms with Gasteiger partial charge in [-0.1, -0.05) is 43.2 Å². The van der Waals surface area contributed by atoms with Gasteiger partial charge in [0.2, 0.25) is 0 Å². The van der Waals surface area contributed by atoms with Gasteiger partial charge in [0.1, 0.15) is 17.9 Å². The summed E-state index contributed by atoms with van der Waals surface area (Å²) in [5.74, 6) is 0.754. The van der Waals surface area contributed by atoms with E-state index in [4.69, 9.17) is 9.15 Å². The Balaban J connectivity index is 1.92. The SMILES string of the molecule is CCCCc1cc(=O)oc2c(C)c(OCc3cccc(C)c3)ccc12. The quantitative estimate of drug-likeness (QED) is 0.571. The zero-order valence-corrected chi connectivity index (χ0v) is 15.1. The Labute approximate surface area is 148 Å². The second-order valence-electron chi connectivity index (χ2n) is 6.54. The molecule has 0 unspecified atom stereocenters. The van der Waals surface area contributed by atoms with E-state index in [1.54, 1.807) is 6.07 Å². The molecule has 0 atom stereocenters. The first-order chi connectivity index (χ1) is 12.1. The van der Waals surface area contributed by atoms with Crippen LogP contribution in [0.25, 0.3) is 11.0 Å². The average molecular weight is 336 g/mol. The number of unbranched alkanes of at least 4 members (excludes halogenated alkanes) is 1. The van der Waals surface area contributed by atoms with E-state index in [9.17, 15) is 4.79 Å². The first-order valence-electron chi connectivity index (χ1n) is 8.83. The predicted octanol–water partition coefficient (Wildman–Crippen LogP) is 5.33. The second kappa shape index (κ2) is 7.56. The molecule has 0 fully saturated rings. The molecule has 3 nitrogen and oxygen atoms in total. The van der Waals surface area contributed by atoms with Crippen molar-refractivity contribution in [3.63, 3.8) is 0 Å². The van der Waals surface area contributed by atoms with Gasteiger partial charge >= 0.3 is 5.63 Å². The number of hydrogen-bond donors (Lipinski definition) is 0. The zero-order valence-electron chi connectivity index (χ0n) is 15.1. The van der Waals surface area contributed by atoms with Crippen LogP contribution >= 0.6 is 0 Å². The summed E-state index contributed by atoms with van der Waals surface area (Å²) in [7, 11) is 0. The van der Waals surface area contributed by atoms with Crippen LogP contribution in [0.2, 0.25) is 0 Å². The predicted molar refractivity (Wildman–Crippen MR) is 101 cm³/mol. The van der Waals surface area contributed by atoms with Gasteiger partial charge in [-0.05, 0) is 49.9 Å². The molecule has 0 radical (unpaired) electrons. The van der Waals surface area contributed by atoms with Gasteiger partial charge < -0.3 is 9.15 Å². The molecule has 2 aromatic carbocycles. The summed E-state index contributed by atoms with van der Waals surface area (Å²) in [4.78, 5) is 11.9. The Morgan fingerprint density at radius 3 is 2.68 bits per heavy atom. The van der Waals surface area contributed by atoms with E-state index >= 15 is 0 Å². The van der Waals surface area contributed by atoms with Gasteiger partial charge in [0, 0.05) is 17.0 Å². The van der Waals surface area contributed by atoms with Crippen molar-refractivity contribution in [1.82, 2.24) is 0 Å². The minimum Gasteiger partial charge on any atom is -0.488 e. The highest BCUT2D eigenvalue weighted by atomic mass is 16.5. The molecule has 0 saturated heterocycles. The number of rotatable bonds is 6. The van der Waals surface area contributed by atoms with Crippen molar-refractivity contribution in [2.45, 2.75) is 46.6 Å². The molecule has 0 amide bonds. The lowest BCUT2D eigenvalue weighted by atomic mass is 10.0. The summed E-state index contributed by atoms with van der Waals surface area (Å²) in [6.45, 7) is 6.65. The molecule has 130 valence electrons. The van der Waals surface area contributed by atoms with E-state index in [0.29, 0.717) is 12.2 Å². The highest BCUT2D eigenvalue weighted by Crippen LogP contribution is 2.29. The molecule has 0 N–H and O–H groups in total. The maximum absolute atomic E-state index is 11.9. The van der Waals surface area contributed by atoms with Crippen LogP contribution in [0, 0.1) is 13.8 Å². The molecule has 0 aliphatic carbocycles. The largest absolute Gasteiger partial charge is 0.488 e. The van der Waals surface area contributed by atoms with Gasteiger partial charge in [0.25, 0.3) is 0 Å². The molecule has 25 heavy (non-hydrogen) atoms. The fourth-order valence-corrected chi connectivity index (χ4v) is 3.10. The minimum absolute atomic E-state index is 0.294. The van der Waals surface area contributed by atoms with Crippen molar-refractivity contribution in [3.05, 3.63) is 75.1 Å². The summed E-state index contributed by atoms with van der Waals surface area (Å²) < 4.78 is 11.5. The molecule has 0 spiro atoms. The van der Waals surface area contributed by atoms with E-state index in [-0.39, 0.29) is 5.63 Å². The smallest absolute Gasteiger partial charge is 0.336 e. The van der Waals surface area contributed by atoms with E-state index < -0.39 is 0 Å². The molecule has 3 rings (SSSR count). The fourth-order valence-electron chi connectivity index (χ4n) is 3.10. The summed E-state index contributed by atoms with van der Waals surface area (Å²) in [6, 6.07) is 13.8. The maximum Gasteiger partial charge on any atom is 0.336 e. The number of ether oxygens (including phenoxy) is 1. The molecule has 0 saturated carbocycles. The Bertz CT molecular complexity index is 938. The highest BCUT2D eigenvalue weighted by molar-refractivity contribution is 5.85. The zero-order chi connectivity index (χ0) is 17.8. The Hall–Kier alpha value is -2.55. The van der Waals surface area contributed by atoms with Crippen LogP contribution in [0.5, 0.6) is 5.75 Å². The third kappa shape index (κ3) is 3.93. The molecule has 1 heterocycles. The van der Waals surface area contributed by atoms with Crippen molar-refractivity contribution in [2.24, 2.45) is 0 Å². The van der Waals surface area contributed by atoms with Crippen molar-refractivity contribution in [3.8, 4) is 5.75 Å². The highest BCUT2D eigenvalue weighted by Gasteiger charge is 2.12. The van der Waals surface area contributed by atoms with E-state index in [1.165, 1.54) is 5.56 Å². The lowest BCUT2D eigenvalue weighted by Gasteiger charge is -2.12. The Morgan fingerprint density at radius 1 is 1.08 bits per heavy atom. The van der Waals surface area contributed by atoms with Crippen LogP contribution in [-0.4, -0.2) is 0 Å². The average Bonchev–Trinajstić information content (AvgIpc) is 2.59. The van der Waals surface area contributed by atoms with Gasteiger partial charge in [-0.3, -0.25) is 0 Å². The van der Waals surface area contributed by atoms with E-state index in [0.717, 1.165) is 47.1 Å². The van der Waals surface area contributed by atoms with Crippen molar-refractivity contribution in [1.29, 1.82) is 0 Å². The monoisotopic (exact) mass is 336 g/mol. The first kappa shape index (κ1) is 17.3. The lowest BCUT2D eigenvalue weighted by Crippen LogP contribution is -2.03. The standard InChI is InChI=1S/C22H24O3/c1-4-5-9-18-13-21(23)25-22-16(3)20(11-10-19(18)22)24-14-17-8-6-7-15(2)12-17/h6-8,10-13H,4-5,9,14H2,1-3H3. The molecular formula is C22H24O3. The van der Waals surface area contributed by atoms with E-state index in [2.05, 4.69) is 26.0 Å². The normalized spacial score (nSPS) is 11.0. The summed E-state index contributed by atoms with van der Waals surface area (Å²) in [6.07, 6.45) is 3.04. The van der Waals surface area contributed by atoms with E-state index in [1.807, 2.05) is 31.2 Å². The van der Waals surface area contributed by atoms with Crippen molar-refractivity contribution in [2.75, 3.05) is 0 Å². The third-order valence-electron chi connectivity index (χ3n) is 4.47. The summed E-state index contributed by atoms with van der Waals surface area (Å²) in [5.41, 5.74) is 4.61. The molecular weight excluding hydrogens is 312 g/mol. The molecule has 3 aromatic rings. The van der Waals surface area contributed by atoms with Crippen LogP contribution in [0.15, 0.2) is 51.7 Å². The van der Waals surface area contributed by atoms with Crippen LogP contribution < -0.4 is 10.4 Å². The maximum atomic E-state index is 11.9. The van der Waals surface area contributed by atoms with Crippen LogP contribution in [0.3, 0.4) is 0 Å². The minimum atomic E-state index is -0.294. The van der Waals surface area contributed by atoms with Gasteiger partial charge in [-0.15, -0.1) is 0 Å². The number of aryl methyl sites for hydroxylation is 3. The topological polar surface area (TPSA) is 39.4 Å². The number of benzene rings is 2. The lowest BCUT2D eigenvalue weighted by molar-refractivity contribution is 0.304. The van der Waals surface area contributed by atoms with Gasteiger partial charge in [0.05, 0.1) is 0 Å². The molecule has 0 bridgehead atoms. The van der Waals surface area contributed by atoms with Crippen LogP contribution in [-0.2, 0) is 13.0 Å². The third-order valence-corrected chi connectivity index (χ3v) is 4.47. The number of fused-ring (bicyclic) bond motifs is 1. The summed E-state index contributed by atoms with van der Waals surface area (Å²) >= 11 is 0. The molecule has 1 aromatic heterocycles. The Morgan fingerprint density at radius 2 is 1.92 bits per heavy atom. The van der Waals surface area contributed by atoms with Crippen molar-refractivity contribution >= 4 is 11.0 Å². The second-order valence-corrected chi connectivity index (χ2v) is 6.54. The fraction of sp³-hybridized carbons (Fsp3) is 0.318. The first-order valence-corrected chi connectivity index (χ1v) is 8.83.